The van der Waals surface area contributed by atoms with Crippen LogP contribution in [0.15, 0.2) is 9.63 Å². The van der Waals surface area contributed by atoms with Crippen molar-refractivity contribution in [2.45, 2.75) is 55.8 Å². The van der Waals surface area contributed by atoms with Crippen LogP contribution < -0.4 is 5.32 Å². The highest BCUT2D eigenvalue weighted by molar-refractivity contribution is 9.10. The molecule has 1 aromatic heterocycles. The molecule has 3 heterocycles. The van der Waals surface area contributed by atoms with Crippen molar-refractivity contribution >= 4 is 26.0 Å². The Kier molecular flexibility index (Phi) is 4.10. The maximum atomic E-state index is 13.0. The Balaban J connectivity index is 1.92. The average Bonchev–Trinajstić information content (AvgIpc) is 2.93. The number of aromatic nitrogens is 3. The summed E-state index contributed by atoms with van der Waals surface area (Å²) in [5.41, 5.74) is 0. The lowest BCUT2D eigenvalue weighted by Gasteiger charge is -2.36. The second kappa shape index (κ2) is 5.60. The molecule has 2 saturated heterocycles. The first-order valence-electron chi connectivity index (χ1n) is 7.26. The molecule has 0 aromatic carbocycles. The summed E-state index contributed by atoms with van der Waals surface area (Å²) in [5, 5.41) is 11.3. The summed E-state index contributed by atoms with van der Waals surface area (Å²) < 4.78 is 29.2. The van der Waals surface area contributed by atoms with Gasteiger partial charge in [-0.15, -0.1) is 5.10 Å². The van der Waals surface area contributed by atoms with Gasteiger partial charge >= 0.3 is 0 Å². The van der Waals surface area contributed by atoms with Crippen molar-refractivity contribution in [2.75, 3.05) is 6.54 Å². The number of sulfonamides is 1. The highest BCUT2D eigenvalue weighted by atomic mass is 79.9. The third-order valence-corrected chi connectivity index (χ3v) is 7.37. The summed E-state index contributed by atoms with van der Waals surface area (Å²) in [6, 6.07) is 0.956. The molecule has 1 aromatic rings. The number of hydrogen-bond donors (Lipinski definition) is 1. The Hall–Kier alpha value is -0.510. The second-order valence-electron chi connectivity index (χ2n) is 5.78. The molecule has 7 nitrogen and oxygen atoms in total. The van der Waals surface area contributed by atoms with Crippen molar-refractivity contribution in [1.29, 1.82) is 0 Å². The third kappa shape index (κ3) is 2.64. The quantitative estimate of drug-likeness (QED) is 0.841. The van der Waals surface area contributed by atoms with Gasteiger partial charge in [-0.2, -0.15) is 4.31 Å². The van der Waals surface area contributed by atoms with E-state index in [1.807, 2.05) is 6.92 Å². The monoisotopic (exact) mass is 377 g/mol. The number of nitrogens with one attached hydrogen (secondary N) is 1. The summed E-state index contributed by atoms with van der Waals surface area (Å²) in [6.07, 6.45) is 4.06. The molecule has 118 valence electrons. The van der Waals surface area contributed by atoms with E-state index in [-0.39, 0.29) is 15.7 Å². The molecule has 0 radical (unpaired) electrons. The van der Waals surface area contributed by atoms with E-state index in [0.29, 0.717) is 18.6 Å². The number of rotatable bonds is 4. The zero-order valence-corrected chi connectivity index (χ0v) is 14.6. The largest absolute Gasteiger partial charge is 0.311 e. The predicted octanol–water partition coefficient (Wildman–Crippen LogP) is 0.871. The fraction of sp³-hybridized carbons (Fsp3) is 0.833. The summed E-state index contributed by atoms with van der Waals surface area (Å²) in [5.74, 6) is 0. The summed E-state index contributed by atoms with van der Waals surface area (Å²) >= 11 is 3.20. The second-order valence-corrected chi connectivity index (χ2v) is 8.34. The van der Waals surface area contributed by atoms with E-state index >= 15 is 0 Å². The van der Waals surface area contributed by atoms with Gasteiger partial charge in [-0.1, -0.05) is 12.1 Å². The van der Waals surface area contributed by atoms with Crippen LogP contribution in [0.5, 0.6) is 0 Å². The minimum atomic E-state index is -3.59. The van der Waals surface area contributed by atoms with Crippen LogP contribution in [0.25, 0.3) is 0 Å². The number of nitrogens with zero attached hydrogens (tertiary/aromatic N) is 4. The van der Waals surface area contributed by atoms with Crippen LogP contribution in [0.2, 0.25) is 0 Å². The van der Waals surface area contributed by atoms with Gasteiger partial charge in [0.25, 0.3) is 10.0 Å². The number of hydrogen-bond acceptors (Lipinski definition) is 5. The van der Waals surface area contributed by atoms with Crippen LogP contribution >= 0.6 is 15.9 Å². The van der Waals surface area contributed by atoms with Crippen molar-refractivity contribution in [3.8, 4) is 0 Å². The Bertz CT molecular complexity index is 600. The van der Waals surface area contributed by atoms with Gasteiger partial charge < -0.3 is 5.32 Å². The van der Waals surface area contributed by atoms with E-state index in [9.17, 15) is 8.42 Å². The van der Waals surface area contributed by atoms with E-state index in [1.54, 1.807) is 11.4 Å². The molecule has 2 aliphatic rings. The molecule has 2 aliphatic heterocycles. The number of aryl methyl sites for hydroxylation is 1. The van der Waals surface area contributed by atoms with Gasteiger partial charge in [0, 0.05) is 31.7 Å². The SMILES string of the molecule is CCN(C1CC2CCC(C1)N2)S(=O)(=O)c1c(Br)nnn1C. The van der Waals surface area contributed by atoms with Crippen LogP contribution in [0.1, 0.15) is 32.6 Å². The first-order valence-corrected chi connectivity index (χ1v) is 9.49. The van der Waals surface area contributed by atoms with Crippen molar-refractivity contribution < 1.29 is 8.42 Å². The molecule has 0 saturated carbocycles. The standard InChI is InChI=1S/C12H20BrN5O2S/c1-3-18(10-6-8-4-5-9(7-10)14-8)21(19,20)12-11(13)15-16-17(12)2/h8-10,14H,3-7H2,1-2H3. The molecule has 3 rings (SSSR count). The highest BCUT2D eigenvalue weighted by Crippen LogP contribution is 2.33. The predicted molar refractivity (Wildman–Crippen MR) is 81.2 cm³/mol. The fourth-order valence-corrected chi connectivity index (χ4v) is 6.29. The van der Waals surface area contributed by atoms with Gasteiger partial charge in [-0.3, -0.25) is 0 Å². The Morgan fingerprint density at radius 1 is 1.38 bits per heavy atom. The lowest BCUT2D eigenvalue weighted by molar-refractivity contribution is 0.231. The minimum absolute atomic E-state index is 0.0561. The van der Waals surface area contributed by atoms with Crippen LogP contribution in [0.4, 0.5) is 0 Å². The van der Waals surface area contributed by atoms with Crippen LogP contribution in [0.3, 0.4) is 0 Å². The van der Waals surface area contributed by atoms with Crippen LogP contribution in [-0.2, 0) is 17.1 Å². The molecular weight excluding hydrogens is 358 g/mol. The van der Waals surface area contributed by atoms with Gasteiger partial charge in [0.15, 0.2) is 4.60 Å². The number of piperidine rings is 1. The van der Waals surface area contributed by atoms with E-state index < -0.39 is 10.0 Å². The summed E-state index contributed by atoms with van der Waals surface area (Å²) in [6.45, 7) is 2.35. The molecule has 2 fully saturated rings. The molecule has 2 bridgehead atoms. The average molecular weight is 378 g/mol. The molecule has 21 heavy (non-hydrogen) atoms. The van der Waals surface area contributed by atoms with E-state index in [1.165, 1.54) is 4.68 Å². The lowest BCUT2D eigenvalue weighted by Crippen LogP contribution is -2.50. The molecule has 2 unspecified atom stereocenters. The zero-order chi connectivity index (χ0) is 15.2. The third-order valence-electron chi connectivity index (χ3n) is 4.46. The molecule has 0 spiro atoms. The lowest BCUT2D eigenvalue weighted by atomic mass is 10.00. The van der Waals surface area contributed by atoms with Crippen molar-refractivity contribution in [2.24, 2.45) is 7.05 Å². The Morgan fingerprint density at radius 2 is 2.00 bits per heavy atom. The van der Waals surface area contributed by atoms with Gasteiger partial charge in [-0.25, -0.2) is 13.1 Å². The smallest absolute Gasteiger partial charge is 0.263 e. The first kappa shape index (κ1) is 15.4. The maximum Gasteiger partial charge on any atom is 0.263 e. The van der Waals surface area contributed by atoms with Crippen molar-refractivity contribution in [3.05, 3.63) is 4.60 Å². The van der Waals surface area contributed by atoms with Gasteiger partial charge in [0.1, 0.15) is 0 Å². The van der Waals surface area contributed by atoms with Gasteiger partial charge in [-0.05, 0) is 41.6 Å². The van der Waals surface area contributed by atoms with Crippen molar-refractivity contribution in [3.63, 3.8) is 0 Å². The molecule has 9 heteroatoms. The topological polar surface area (TPSA) is 80.1 Å². The molecule has 0 amide bonds. The Labute approximate surface area is 133 Å². The zero-order valence-electron chi connectivity index (χ0n) is 12.2. The van der Waals surface area contributed by atoms with Gasteiger partial charge in [0.2, 0.25) is 5.03 Å². The van der Waals surface area contributed by atoms with Crippen LogP contribution in [-0.4, -0.2) is 52.4 Å². The van der Waals surface area contributed by atoms with E-state index in [0.717, 1.165) is 25.7 Å². The molecule has 0 aliphatic carbocycles. The molecular formula is C12H20BrN5O2S. The fourth-order valence-electron chi connectivity index (χ4n) is 3.59. The van der Waals surface area contributed by atoms with Crippen LogP contribution in [0, 0.1) is 0 Å². The van der Waals surface area contributed by atoms with E-state index in [2.05, 4.69) is 31.6 Å². The minimum Gasteiger partial charge on any atom is -0.311 e. The Morgan fingerprint density at radius 3 is 2.48 bits per heavy atom. The summed E-state index contributed by atoms with van der Waals surface area (Å²) in [7, 11) is -1.99. The summed E-state index contributed by atoms with van der Waals surface area (Å²) in [4.78, 5) is 0. The van der Waals surface area contributed by atoms with Gasteiger partial charge in [0.05, 0.1) is 0 Å². The van der Waals surface area contributed by atoms with Crippen molar-refractivity contribution in [1.82, 2.24) is 24.6 Å². The number of halogens is 1. The van der Waals surface area contributed by atoms with E-state index in [4.69, 9.17) is 0 Å². The maximum absolute atomic E-state index is 13.0. The molecule has 2 atom stereocenters. The first-order chi connectivity index (χ1) is 9.93. The normalized spacial score (nSPS) is 29.2. The number of fused-ring (bicyclic) bond motifs is 2. The highest BCUT2D eigenvalue weighted by Gasteiger charge is 2.41. The molecule has 1 N–H and O–H groups in total.